The molecule has 0 saturated heterocycles. The average molecular weight is 420 g/mol. The number of anilines is 1. The SMILES string of the molecule is COc1cccc(NS(=O)(=O)c2ccccc2)c1-c1c(OC)ccc2ccccc12. The predicted molar refractivity (Wildman–Crippen MR) is 120 cm³/mol. The number of hydrogen-bond donors (Lipinski definition) is 1. The van der Waals surface area contributed by atoms with Crippen molar-refractivity contribution in [2.45, 2.75) is 4.90 Å². The molecule has 0 bridgehead atoms. The summed E-state index contributed by atoms with van der Waals surface area (Å²) in [5.41, 5.74) is 1.79. The molecule has 0 saturated carbocycles. The minimum absolute atomic E-state index is 0.184. The van der Waals surface area contributed by atoms with Crippen molar-refractivity contribution in [3.8, 4) is 22.6 Å². The minimum atomic E-state index is -3.79. The van der Waals surface area contributed by atoms with Gasteiger partial charge in [-0.15, -0.1) is 0 Å². The summed E-state index contributed by atoms with van der Waals surface area (Å²) in [7, 11) is -0.633. The monoisotopic (exact) mass is 419 g/mol. The van der Waals surface area contributed by atoms with Crippen molar-refractivity contribution < 1.29 is 17.9 Å². The Morgan fingerprint density at radius 1 is 0.667 bits per heavy atom. The zero-order valence-electron chi connectivity index (χ0n) is 16.6. The Bertz CT molecular complexity index is 1300. The van der Waals surface area contributed by atoms with Crippen molar-refractivity contribution in [1.82, 2.24) is 0 Å². The number of sulfonamides is 1. The van der Waals surface area contributed by atoms with Gasteiger partial charge in [0.05, 0.1) is 30.4 Å². The van der Waals surface area contributed by atoms with E-state index in [1.165, 1.54) is 0 Å². The van der Waals surface area contributed by atoms with Crippen LogP contribution in [0.4, 0.5) is 5.69 Å². The molecule has 0 radical (unpaired) electrons. The minimum Gasteiger partial charge on any atom is -0.496 e. The molecule has 5 nitrogen and oxygen atoms in total. The molecule has 0 atom stereocenters. The average Bonchev–Trinajstić information content (AvgIpc) is 2.78. The largest absolute Gasteiger partial charge is 0.496 e. The highest BCUT2D eigenvalue weighted by atomic mass is 32.2. The molecular weight excluding hydrogens is 398 g/mol. The van der Waals surface area contributed by atoms with Crippen LogP contribution in [0, 0.1) is 0 Å². The molecule has 0 aliphatic heterocycles. The van der Waals surface area contributed by atoms with E-state index in [-0.39, 0.29) is 4.90 Å². The number of fused-ring (bicyclic) bond motifs is 1. The third-order valence-corrected chi connectivity index (χ3v) is 6.29. The first-order valence-corrected chi connectivity index (χ1v) is 10.8. The van der Waals surface area contributed by atoms with Crippen LogP contribution in [-0.2, 0) is 10.0 Å². The summed E-state index contributed by atoms with van der Waals surface area (Å²) < 4.78 is 40.0. The van der Waals surface area contributed by atoms with Crippen molar-refractivity contribution in [1.29, 1.82) is 0 Å². The highest BCUT2D eigenvalue weighted by Crippen LogP contribution is 2.45. The lowest BCUT2D eigenvalue weighted by atomic mass is 9.95. The van der Waals surface area contributed by atoms with Crippen molar-refractivity contribution in [3.05, 3.63) is 84.9 Å². The summed E-state index contributed by atoms with van der Waals surface area (Å²) in [6.07, 6.45) is 0. The van der Waals surface area contributed by atoms with Crippen molar-refractivity contribution >= 4 is 26.5 Å². The van der Waals surface area contributed by atoms with Gasteiger partial charge in [-0.2, -0.15) is 0 Å². The van der Waals surface area contributed by atoms with Gasteiger partial charge in [0.1, 0.15) is 11.5 Å². The number of ether oxygens (including phenoxy) is 2. The fraction of sp³-hybridized carbons (Fsp3) is 0.0833. The fourth-order valence-corrected chi connectivity index (χ4v) is 4.62. The van der Waals surface area contributed by atoms with Crippen LogP contribution >= 0.6 is 0 Å². The van der Waals surface area contributed by atoms with Crippen LogP contribution in [0.5, 0.6) is 11.5 Å². The summed E-state index contributed by atoms with van der Waals surface area (Å²) in [6.45, 7) is 0. The first-order chi connectivity index (χ1) is 14.5. The number of hydrogen-bond acceptors (Lipinski definition) is 4. The summed E-state index contributed by atoms with van der Waals surface area (Å²) in [5, 5.41) is 1.94. The van der Waals surface area contributed by atoms with Gasteiger partial charge in [-0.05, 0) is 41.1 Å². The van der Waals surface area contributed by atoms with Gasteiger partial charge in [-0.3, -0.25) is 4.72 Å². The highest BCUT2D eigenvalue weighted by Gasteiger charge is 2.22. The lowest BCUT2D eigenvalue weighted by molar-refractivity contribution is 0.411. The number of benzene rings is 4. The van der Waals surface area contributed by atoms with Gasteiger partial charge in [0.2, 0.25) is 0 Å². The second-order valence-corrected chi connectivity index (χ2v) is 8.35. The highest BCUT2D eigenvalue weighted by molar-refractivity contribution is 7.92. The lowest BCUT2D eigenvalue weighted by Gasteiger charge is -2.19. The third kappa shape index (κ3) is 3.57. The molecule has 6 heteroatoms. The molecule has 0 aromatic heterocycles. The van der Waals surface area contributed by atoms with E-state index in [9.17, 15) is 8.42 Å². The Kier molecular flexibility index (Phi) is 5.33. The molecule has 0 heterocycles. The van der Waals surface area contributed by atoms with Crippen LogP contribution in [0.1, 0.15) is 0 Å². The van der Waals surface area contributed by atoms with Crippen LogP contribution in [0.25, 0.3) is 21.9 Å². The summed E-state index contributed by atoms with van der Waals surface area (Å²) >= 11 is 0. The van der Waals surface area contributed by atoms with Gasteiger partial charge in [0, 0.05) is 5.56 Å². The summed E-state index contributed by atoms with van der Waals surface area (Å²) in [4.78, 5) is 0.184. The Morgan fingerprint density at radius 2 is 1.33 bits per heavy atom. The first-order valence-electron chi connectivity index (χ1n) is 9.36. The van der Waals surface area contributed by atoms with Gasteiger partial charge in [-0.1, -0.05) is 54.6 Å². The Hall–Kier alpha value is -3.51. The molecule has 0 aliphatic rings. The molecule has 4 aromatic carbocycles. The van der Waals surface area contributed by atoms with Crippen LogP contribution in [0.2, 0.25) is 0 Å². The van der Waals surface area contributed by atoms with E-state index in [1.807, 2.05) is 36.4 Å². The normalized spacial score (nSPS) is 11.3. The van der Waals surface area contributed by atoms with Crippen molar-refractivity contribution in [3.63, 3.8) is 0 Å². The molecule has 4 aromatic rings. The van der Waals surface area contributed by atoms with Gasteiger partial charge in [-0.25, -0.2) is 8.42 Å². The topological polar surface area (TPSA) is 64.6 Å². The smallest absolute Gasteiger partial charge is 0.261 e. The first kappa shape index (κ1) is 19.8. The Labute approximate surface area is 175 Å². The maximum atomic E-state index is 13.0. The fourth-order valence-electron chi connectivity index (χ4n) is 3.53. The maximum absolute atomic E-state index is 13.0. The number of methoxy groups -OCH3 is 2. The number of nitrogens with one attached hydrogen (secondary N) is 1. The van der Waals surface area contributed by atoms with Crippen LogP contribution in [-0.4, -0.2) is 22.6 Å². The predicted octanol–water partition coefficient (Wildman–Crippen LogP) is 5.32. The molecule has 152 valence electrons. The van der Waals surface area contributed by atoms with Gasteiger partial charge >= 0.3 is 0 Å². The van der Waals surface area contributed by atoms with E-state index in [2.05, 4.69) is 4.72 Å². The van der Waals surface area contributed by atoms with Crippen LogP contribution in [0.3, 0.4) is 0 Å². The zero-order valence-corrected chi connectivity index (χ0v) is 17.4. The molecule has 0 amide bonds. The third-order valence-electron chi connectivity index (χ3n) is 4.90. The van der Waals surface area contributed by atoms with Gasteiger partial charge < -0.3 is 9.47 Å². The van der Waals surface area contributed by atoms with Gasteiger partial charge in [0.25, 0.3) is 10.0 Å². The molecule has 30 heavy (non-hydrogen) atoms. The van der Waals surface area contributed by atoms with E-state index < -0.39 is 10.0 Å². The number of rotatable bonds is 6. The molecule has 0 unspecified atom stereocenters. The maximum Gasteiger partial charge on any atom is 0.261 e. The van der Waals surface area contributed by atoms with E-state index in [1.54, 1.807) is 62.8 Å². The molecule has 0 spiro atoms. The Balaban J connectivity index is 1.98. The molecule has 1 N–H and O–H groups in total. The summed E-state index contributed by atoms with van der Waals surface area (Å²) in [6, 6.07) is 25.3. The van der Waals surface area contributed by atoms with Crippen LogP contribution in [0.15, 0.2) is 89.8 Å². The molecule has 0 fully saturated rings. The Morgan fingerprint density at radius 3 is 2.07 bits per heavy atom. The van der Waals surface area contributed by atoms with Gasteiger partial charge in [0.15, 0.2) is 0 Å². The second kappa shape index (κ2) is 8.08. The van der Waals surface area contributed by atoms with E-state index in [0.29, 0.717) is 22.7 Å². The van der Waals surface area contributed by atoms with E-state index >= 15 is 0 Å². The molecular formula is C24H21NO4S. The molecule has 4 rings (SSSR count). The van der Waals surface area contributed by atoms with Crippen LogP contribution < -0.4 is 14.2 Å². The zero-order chi connectivity index (χ0) is 21.1. The van der Waals surface area contributed by atoms with E-state index in [4.69, 9.17) is 9.47 Å². The van der Waals surface area contributed by atoms with E-state index in [0.717, 1.165) is 16.3 Å². The summed E-state index contributed by atoms with van der Waals surface area (Å²) in [5.74, 6) is 1.16. The van der Waals surface area contributed by atoms with Crippen molar-refractivity contribution in [2.75, 3.05) is 18.9 Å². The lowest BCUT2D eigenvalue weighted by Crippen LogP contribution is -2.14. The molecule has 0 aliphatic carbocycles. The standard InChI is InChI=1S/C24H21NO4S/c1-28-21-14-8-13-20(25-30(26,27)18-10-4-3-5-11-18)24(21)23-19-12-7-6-9-17(19)15-16-22(23)29-2/h3-16,25H,1-2H3. The second-order valence-electron chi connectivity index (χ2n) is 6.67. The van der Waals surface area contributed by atoms with Crippen molar-refractivity contribution in [2.24, 2.45) is 0 Å². The quantitative estimate of drug-likeness (QED) is 0.459.